The van der Waals surface area contributed by atoms with E-state index in [9.17, 15) is 13.2 Å². The van der Waals surface area contributed by atoms with Crippen LogP contribution in [0, 0.1) is 0 Å². The van der Waals surface area contributed by atoms with E-state index in [2.05, 4.69) is 0 Å². The van der Waals surface area contributed by atoms with E-state index in [0.29, 0.717) is 13.0 Å². The van der Waals surface area contributed by atoms with Crippen LogP contribution in [0.4, 0.5) is 5.69 Å². The maximum Gasteiger partial charge on any atom is 0.335 e. The highest BCUT2D eigenvalue weighted by Gasteiger charge is 2.28. The van der Waals surface area contributed by atoms with E-state index in [1.54, 1.807) is 13.8 Å². The van der Waals surface area contributed by atoms with Crippen molar-refractivity contribution in [2.45, 2.75) is 38.1 Å². The van der Waals surface area contributed by atoms with Gasteiger partial charge in [0.2, 0.25) is 10.0 Å². The number of anilines is 1. The first kappa shape index (κ1) is 16.5. The van der Waals surface area contributed by atoms with Crippen LogP contribution in [0.25, 0.3) is 0 Å². The molecule has 3 N–H and O–H groups in total. The quantitative estimate of drug-likeness (QED) is 0.780. The van der Waals surface area contributed by atoms with Gasteiger partial charge in [-0.05, 0) is 38.5 Å². The summed E-state index contributed by atoms with van der Waals surface area (Å²) in [6.45, 7) is 5.85. The molecule has 0 atom stereocenters. The molecule has 0 heterocycles. The maximum atomic E-state index is 12.6. The predicted octanol–water partition coefficient (Wildman–Crippen LogP) is 1.78. The Hall–Kier alpha value is -1.60. The number of nitrogens with two attached hydrogens (primary N) is 1. The molecule has 0 aliphatic carbocycles. The average molecular weight is 300 g/mol. The Balaban J connectivity index is 3.31. The second-order valence-corrected chi connectivity index (χ2v) is 6.63. The number of nitrogens with zero attached hydrogens (tertiary/aromatic N) is 1. The lowest BCUT2D eigenvalue weighted by atomic mass is 10.2. The first-order valence-electron chi connectivity index (χ1n) is 6.36. The molecule has 1 aromatic rings. The number of carboxylic acid groups (broad SMARTS) is 1. The van der Waals surface area contributed by atoms with Gasteiger partial charge in [0.1, 0.15) is 4.90 Å². The minimum Gasteiger partial charge on any atom is -0.478 e. The van der Waals surface area contributed by atoms with Crippen LogP contribution in [0.3, 0.4) is 0 Å². The van der Waals surface area contributed by atoms with Crippen molar-refractivity contribution < 1.29 is 18.3 Å². The van der Waals surface area contributed by atoms with E-state index in [-0.39, 0.29) is 22.2 Å². The Labute approximate surface area is 119 Å². The van der Waals surface area contributed by atoms with Crippen LogP contribution < -0.4 is 5.73 Å². The maximum absolute atomic E-state index is 12.6. The highest BCUT2D eigenvalue weighted by Crippen LogP contribution is 2.25. The second kappa shape index (κ2) is 6.23. The molecule has 6 nitrogen and oxygen atoms in total. The van der Waals surface area contributed by atoms with Gasteiger partial charge in [-0.2, -0.15) is 4.31 Å². The summed E-state index contributed by atoms with van der Waals surface area (Å²) in [5.41, 5.74) is 5.63. The zero-order chi connectivity index (χ0) is 15.5. The Morgan fingerprint density at radius 1 is 1.40 bits per heavy atom. The smallest absolute Gasteiger partial charge is 0.335 e. The fourth-order valence-electron chi connectivity index (χ4n) is 1.92. The highest BCUT2D eigenvalue weighted by atomic mass is 32.2. The van der Waals surface area contributed by atoms with E-state index in [4.69, 9.17) is 10.8 Å². The number of nitrogen functional groups attached to an aromatic ring is 1. The Bertz CT molecular complexity index is 596. The highest BCUT2D eigenvalue weighted by molar-refractivity contribution is 7.89. The number of rotatable bonds is 6. The lowest BCUT2D eigenvalue weighted by molar-refractivity contribution is 0.0697. The monoisotopic (exact) mass is 300 g/mol. The molecule has 0 unspecified atom stereocenters. The standard InChI is InChI=1S/C13H20N2O4S/c1-4-7-15(9(2)3)20(18,19)12-6-5-10(13(16)17)8-11(12)14/h5-6,8-9H,4,7,14H2,1-3H3,(H,16,17). The number of benzene rings is 1. The molecule has 0 spiro atoms. The molecular formula is C13H20N2O4S. The molecule has 0 fully saturated rings. The number of carbonyl (C=O) groups is 1. The van der Waals surface area contributed by atoms with E-state index in [1.165, 1.54) is 22.5 Å². The van der Waals surface area contributed by atoms with Gasteiger partial charge in [0, 0.05) is 12.6 Å². The van der Waals surface area contributed by atoms with Gasteiger partial charge in [0.05, 0.1) is 11.3 Å². The van der Waals surface area contributed by atoms with Crippen LogP contribution in [0.1, 0.15) is 37.6 Å². The van der Waals surface area contributed by atoms with Crippen LogP contribution in [0.2, 0.25) is 0 Å². The minimum atomic E-state index is -3.72. The van der Waals surface area contributed by atoms with Gasteiger partial charge >= 0.3 is 5.97 Å². The van der Waals surface area contributed by atoms with Crippen molar-refractivity contribution in [3.63, 3.8) is 0 Å². The summed E-state index contributed by atoms with van der Waals surface area (Å²) in [6.07, 6.45) is 0.685. The molecule has 0 bridgehead atoms. The van der Waals surface area contributed by atoms with Crippen LogP contribution in [0.5, 0.6) is 0 Å². The first-order chi connectivity index (χ1) is 9.21. The van der Waals surface area contributed by atoms with Crippen molar-refractivity contribution in [3.8, 4) is 0 Å². The molecule has 20 heavy (non-hydrogen) atoms. The fourth-order valence-corrected chi connectivity index (χ4v) is 3.75. The van der Waals surface area contributed by atoms with Crippen molar-refractivity contribution in [1.82, 2.24) is 4.31 Å². The third-order valence-electron chi connectivity index (χ3n) is 2.86. The number of hydrogen-bond acceptors (Lipinski definition) is 4. The molecule has 0 aromatic heterocycles. The Morgan fingerprint density at radius 2 is 2.00 bits per heavy atom. The van der Waals surface area contributed by atoms with E-state index < -0.39 is 16.0 Å². The molecule has 0 saturated carbocycles. The van der Waals surface area contributed by atoms with Gasteiger partial charge in [-0.1, -0.05) is 6.92 Å². The zero-order valence-corrected chi connectivity index (χ0v) is 12.6. The van der Waals surface area contributed by atoms with Crippen molar-refractivity contribution in [2.75, 3.05) is 12.3 Å². The van der Waals surface area contributed by atoms with Crippen LogP contribution in [-0.4, -0.2) is 36.4 Å². The molecular weight excluding hydrogens is 280 g/mol. The molecule has 1 rings (SSSR count). The summed E-state index contributed by atoms with van der Waals surface area (Å²) in [5, 5.41) is 8.87. The van der Waals surface area contributed by atoms with Crippen LogP contribution in [0.15, 0.2) is 23.1 Å². The summed E-state index contributed by atoms with van der Waals surface area (Å²) in [6, 6.07) is 3.47. The molecule has 7 heteroatoms. The number of sulfonamides is 1. The average Bonchev–Trinajstić information content (AvgIpc) is 2.34. The van der Waals surface area contributed by atoms with E-state index in [1.807, 2.05) is 6.92 Å². The summed E-state index contributed by atoms with van der Waals surface area (Å²) in [4.78, 5) is 10.8. The van der Waals surface area contributed by atoms with Crippen LogP contribution in [-0.2, 0) is 10.0 Å². The molecule has 0 aliphatic rings. The van der Waals surface area contributed by atoms with Crippen molar-refractivity contribution >= 4 is 21.7 Å². The normalized spacial score (nSPS) is 12.1. The predicted molar refractivity (Wildman–Crippen MR) is 77.1 cm³/mol. The summed E-state index contributed by atoms with van der Waals surface area (Å²) < 4.78 is 26.5. The lowest BCUT2D eigenvalue weighted by Crippen LogP contribution is -2.37. The van der Waals surface area contributed by atoms with Gasteiger partial charge in [0.15, 0.2) is 0 Å². The second-order valence-electron chi connectivity index (χ2n) is 4.77. The molecule has 1 aromatic carbocycles. The van der Waals surface area contributed by atoms with Gasteiger partial charge in [-0.15, -0.1) is 0 Å². The van der Waals surface area contributed by atoms with Crippen molar-refractivity contribution in [3.05, 3.63) is 23.8 Å². The Morgan fingerprint density at radius 3 is 2.40 bits per heavy atom. The SMILES string of the molecule is CCCN(C(C)C)S(=O)(=O)c1ccc(C(=O)O)cc1N. The molecule has 0 amide bonds. The minimum absolute atomic E-state index is 0.0342. The van der Waals surface area contributed by atoms with Gasteiger partial charge in [-0.3, -0.25) is 0 Å². The van der Waals surface area contributed by atoms with E-state index in [0.717, 1.165) is 0 Å². The first-order valence-corrected chi connectivity index (χ1v) is 7.80. The van der Waals surface area contributed by atoms with Gasteiger partial charge in [-0.25, -0.2) is 13.2 Å². The number of carboxylic acids is 1. The fraction of sp³-hybridized carbons (Fsp3) is 0.462. The molecule has 0 aliphatic heterocycles. The Kier molecular flexibility index (Phi) is 5.13. The van der Waals surface area contributed by atoms with Gasteiger partial charge in [0.25, 0.3) is 0 Å². The van der Waals surface area contributed by atoms with Crippen molar-refractivity contribution in [1.29, 1.82) is 0 Å². The molecule has 0 saturated heterocycles. The number of aromatic carboxylic acids is 1. The molecule has 0 radical (unpaired) electrons. The van der Waals surface area contributed by atoms with Gasteiger partial charge < -0.3 is 10.8 Å². The van der Waals surface area contributed by atoms with Crippen LogP contribution >= 0.6 is 0 Å². The molecule has 112 valence electrons. The zero-order valence-electron chi connectivity index (χ0n) is 11.8. The third kappa shape index (κ3) is 3.29. The van der Waals surface area contributed by atoms with E-state index >= 15 is 0 Å². The topological polar surface area (TPSA) is 101 Å². The lowest BCUT2D eigenvalue weighted by Gasteiger charge is -2.26. The summed E-state index contributed by atoms with van der Waals surface area (Å²) in [7, 11) is -3.72. The largest absolute Gasteiger partial charge is 0.478 e. The number of hydrogen-bond donors (Lipinski definition) is 2. The summed E-state index contributed by atoms with van der Waals surface area (Å²) >= 11 is 0. The summed E-state index contributed by atoms with van der Waals surface area (Å²) in [5.74, 6) is -1.14. The third-order valence-corrected chi connectivity index (χ3v) is 5.01. The van der Waals surface area contributed by atoms with Crippen molar-refractivity contribution in [2.24, 2.45) is 0 Å².